The molecule has 0 amide bonds. The second-order valence-electron chi connectivity index (χ2n) is 3.96. The molecule has 17 heavy (non-hydrogen) atoms. The molecule has 0 aliphatic heterocycles. The third-order valence-corrected chi connectivity index (χ3v) is 3.15. The maximum absolute atomic E-state index is 6.00. The van der Waals surface area contributed by atoms with E-state index in [1.807, 2.05) is 31.2 Å². The maximum atomic E-state index is 6.00. The van der Waals surface area contributed by atoms with Crippen LogP contribution >= 0.6 is 11.6 Å². The van der Waals surface area contributed by atoms with E-state index in [0.29, 0.717) is 5.15 Å². The molecule has 3 aromatic rings. The Labute approximate surface area is 103 Å². The van der Waals surface area contributed by atoms with E-state index in [1.54, 1.807) is 7.11 Å². The van der Waals surface area contributed by atoms with Crippen molar-refractivity contribution >= 4 is 33.4 Å². The Morgan fingerprint density at radius 1 is 1.24 bits per heavy atom. The Morgan fingerprint density at radius 3 is 2.82 bits per heavy atom. The maximum Gasteiger partial charge on any atom is 0.142 e. The molecule has 0 bridgehead atoms. The predicted molar refractivity (Wildman–Crippen MR) is 69.9 cm³/mol. The number of fused-ring (bicyclic) bond motifs is 3. The first-order valence-corrected chi connectivity index (χ1v) is 5.70. The van der Waals surface area contributed by atoms with Crippen LogP contribution in [0.4, 0.5) is 0 Å². The summed E-state index contributed by atoms with van der Waals surface area (Å²) in [6.07, 6.45) is 0. The van der Waals surface area contributed by atoms with Crippen molar-refractivity contribution in [2.45, 2.75) is 6.92 Å². The highest BCUT2D eigenvalue weighted by Gasteiger charge is 2.11. The quantitative estimate of drug-likeness (QED) is 0.665. The minimum absolute atomic E-state index is 0.513. The molecule has 0 radical (unpaired) electrons. The first-order chi connectivity index (χ1) is 8.20. The Kier molecular flexibility index (Phi) is 2.23. The van der Waals surface area contributed by atoms with Gasteiger partial charge in [-0.15, -0.1) is 0 Å². The average Bonchev–Trinajstić information content (AvgIpc) is 2.68. The lowest BCUT2D eigenvalue weighted by molar-refractivity contribution is 0.419. The Balaban J connectivity index is 2.54. The highest BCUT2D eigenvalue weighted by Crippen LogP contribution is 2.33. The van der Waals surface area contributed by atoms with Gasteiger partial charge in [0.1, 0.15) is 10.9 Å². The zero-order valence-corrected chi connectivity index (χ0v) is 10.3. The molecule has 4 heteroatoms. The monoisotopic (exact) mass is 246 g/mol. The van der Waals surface area contributed by atoms with Crippen molar-refractivity contribution in [2.75, 3.05) is 7.11 Å². The summed E-state index contributed by atoms with van der Waals surface area (Å²) in [6.45, 7) is 1.94. The SMILES string of the molecule is COc1cccc2c1[nH]c1c(C)nc(Cl)cc12. The molecule has 0 atom stereocenters. The fourth-order valence-corrected chi connectivity index (χ4v) is 2.42. The Hall–Kier alpha value is -1.74. The number of pyridine rings is 1. The summed E-state index contributed by atoms with van der Waals surface area (Å²) in [6, 6.07) is 7.83. The van der Waals surface area contributed by atoms with Crippen molar-refractivity contribution in [3.05, 3.63) is 35.1 Å². The van der Waals surface area contributed by atoms with E-state index in [4.69, 9.17) is 16.3 Å². The van der Waals surface area contributed by atoms with Crippen molar-refractivity contribution < 1.29 is 4.74 Å². The van der Waals surface area contributed by atoms with Gasteiger partial charge in [-0.05, 0) is 19.1 Å². The number of nitrogens with zero attached hydrogens (tertiary/aromatic N) is 1. The number of nitrogens with one attached hydrogen (secondary N) is 1. The van der Waals surface area contributed by atoms with Gasteiger partial charge >= 0.3 is 0 Å². The van der Waals surface area contributed by atoms with E-state index in [-0.39, 0.29) is 0 Å². The largest absolute Gasteiger partial charge is 0.495 e. The van der Waals surface area contributed by atoms with Gasteiger partial charge in [-0.3, -0.25) is 0 Å². The summed E-state index contributed by atoms with van der Waals surface area (Å²) in [7, 11) is 1.67. The van der Waals surface area contributed by atoms with Crippen LogP contribution < -0.4 is 4.74 Å². The first-order valence-electron chi connectivity index (χ1n) is 5.32. The molecule has 86 valence electrons. The van der Waals surface area contributed by atoms with Gasteiger partial charge in [0.15, 0.2) is 0 Å². The smallest absolute Gasteiger partial charge is 0.142 e. The van der Waals surface area contributed by atoms with Gasteiger partial charge in [-0.2, -0.15) is 0 Å². The number of methoxy groups -OCH3 is 1. The number of para-hydroxylation sites is 1. The van der Waals surface area contributed by atoms with Gasteiger partial charge in [0.05, 0.1) is 23.8 Å². The van der Waals surface area contributed by atoms with E-state index in [1.165, 1.54) is 0 Å². The van der Waals surface area contributed by atoms with Crippen LogP contribution in [0.15, 0.2) is 24.3 Å². The highest BCUT2D eigenvalue weighted by atomic mass is 35.5. The van der Waals surface area contributed by atoms with E-state index >= 15 is 0 Å². The van der Waals surface area contributed by atoms with Crippen molar-refractivity contribution in [1.82, 2.24) is 9.97 Å². The third kappa shape index (κ3) is 1.46. The zero-order valence-electron chi connectivity index (χ0n) is 9.54. The fourth-order valence-electron chi connectivity index (χ4n) is 2.18. The van der Waals surface area contributed by atoms with Crippen molar-refractivity contribution in [3.63, 3.8) is 0 Å². The number of rotatable bonds is 1. The van der Waals surface area contributed by atoms with Crippen LogP contribution in [0.1, 0.15) is 5.69 Å². The normalized spacial score (nSPS) is 11.2. The van der Waals surface area contributed by atoms with Crippen molar-refractivity contribution in [3.8, 4) is 5.75 Å². The summed E-state index contributed by atoms with van der Waals surface area (Å²) in [5, 5.41) is 2.70. The number of ether oxygens (including phenoxy) is 1. The molecule has 0 fully saturated rings. The highest BCUT2D eigenvalue weighted by molar-refractivity contribution is 6.30. The summed E-state index contributed by atoms with van der Waals surface area (Å²) in [5.41, 5.74) is 2.89. The molecule has 0 saturated carbocycles. The van der Waals surface area contributed by atoms with E-state index in [2.05, 4.69) is 9.97 Å². The summed E-state index contributed by atoms with van der Waals surface area (Å²) in [5.74, 6) is 0.828. The molecule has 2 heterocycles. The molecule has 0 saturated heterocycles. The molecule has 1 N–H and O–H groups in total. The van der Waals surface area contributed by atoms with Gasteiger partial charge in [0, 0.05) is 10.8 Å². The number of hydrogen-bond donors (Lipinski definition) is 1. The second kappa shape index (κ2) is 3.64. The molecule has 0 aliphatic rings. The lowest BCUT2D eigenvalue weighted by atomic mass is 10.1. The minimum atomic E-state index is 0.513. The van der Waals surface area contributed by atoms with Gasteiger partial charge < -0.3 is 9.72 Å². The molecular weight excluding hydrogens is 236 g/mol. The molecule has 1 aromatic carbocycles. The number of H-pyrrole nitrogens is 1. The van der Waals surface area contributed by atoms with Gasteiger partial charge in [-0.1, -0.05) is 23.7 Å². The average molecular weight is 247 g/mol. The molecule has 0 aliphatic carbocycles. The van der Waals surface area contributed by atoms with Crippen molar-refractivity contribution in [1.29, 1.82) is 0 Å². The number of benzene rings is 1. The van der Waals surface area contributed by atoms with Crippen LogP contribution in [-0.2, 0) is 0 Å². The Bertz CT molecular complexity index is 718. The van der Waals surface area contributed by atoms with Crippen LogP contribution in [0.3, 0.4) is 0 Å². The van der Waals surface area contributed by atoms with Crippen LogP contribution in [0.25, 0.3) is 21.8 Å². The van der Waals surface area contributed by atoms with Crippen LogP contribution in [0, 0.1) is 6.92 Å². The predicted octanol–water partition coefficient (Wildman–Crippen LogP) is 3.69. The van der Waals surface area contributed by atoms with E-state index in [0.717, 1.165) is 33.2 Å². The number of aromatic amines is 1. The number of halogens is 1. The van der Waals surface area contributed by atoms with Crippen LogP contribution in [0.5, 0.6) is 5.75 Å². The molecule has 3 nitrogen and oxygen atoms in total. The molecule has 0 unspecified atom stereocenters. The molecular formula is C13H11ClN2O. The summed E-state index contributed by atoms with van der Waals surface area (Å²) >= 11 is 6.00. The number of hydrogen-bond acceptors (Lipinski definition) is 2. The zero-order chi connectivity index (χ0) is 12.0. The summed E-state index contributed by atoms with van der Waals surface area (Å²) in [4.78, 5) is 7.59. The minimum Gasteiger partial charge on any atom is -0.495 e. The summed E-state index contributed by atoms with van der Waals surface area (Å²) < 4.78 is 5.34. The second-order valence-corrected chi connectivity index (χ2v) is 4.35. The van der Waals surface area contributed by atoms with Gasteiger partial charge in [0.2, 0.25) is 0 Å². The molecule has 0 spiro atoms. The topological polar surface area (TPSA) is 37.9 Å². The van der Waals surface area contributed by atoms with Gasteiger partial charge in [-0.25, -0.2) is 4.98 Å². The van der Waals surface area contributed by atoms with E-state index < -0.39 is 0 Å². The van der Waals surface area contributed by atoms with Crippen molar-refractivity contribution in [2.24, 2.45) is 0 Å². The standard InChI is InChI=1S/C13H11ClN2O/c1-7-12-9(6-11(14)15-7)8-4-3-5-10(17-2)13(8)16-12/h3-6,16H,1-2H3. The number of aryl methyl sites for hydroxylation is 1. The van der Waals surface area contributed by atoms with E-state index in [9.17, 15) is 0 Å². The molecule has 3 rings (SSSR count). The molecule has 2 aromatic heterocycles. The van der Waals surface area contributed by atoms with Crippen LogP contribution in [0.2, 0.25) is 5.15 Å². The first kappa shape index (κ1) is 10.4. The third-order valence-electron chi connectivity index (χ3n) is 2.96. The number of aromatic nitrogens is 2. The fraction of sp³-hybridized carbons (Fsp3) is 0.154. The Morgan fingerprint density at radius 2 is 2.06 bits per heavy atom. The lowest BCUT2D eigenvalue weighted by Crippen LogP contribution is -1.83. The van der Waals surface area contributed by atoms with Crippen LogP contribution in [-0.4, -0.2) is 17.1 Å². The van der Waals surface area contributed by atoms with Gasteiger partial charge in [0.25, 0.3) is 0 Å². The lowest BCUT2D eigenvalue weighted by Gasteiger charge is -1.99.